The SMILES string of the molecule is CCCCCOCCOC(C)O[C]=O. The van der Waals surface area contributed by atoms with Gasteiger partial charge in [0.25, 0.3) is 0 Å². The van der Waals surface area contributed by atoms with Crippen molar-refractivity contribution in [3.63, 3.8) is 0 Å². The summed E-state index contributed by atoms with van der Waals surface area (Å²) < 4.78 is 14.8. The average molecular weight is 203 g/mol. The molecule has 1 radical (unpaired) electrons. The highest BCUT2D eigenvalue weighted by atomic mass is 16.7. The van der Waals surface area contributed by atoms with E-state index in [1.165, 1.54) is 19.3 Å². The number of rotatable bonds is 10. The van der Waals surface area contributed by atoms with Crippen molar-refractivity contribution in [3.05, 3.63) is 0 Å². The van der Waals surface area contributed by atoms with Crippen molar-refractivity contribution in [2.24, 2.45) is 0 Å². The molecule has 0 N–H and O–H groups in total. The lowest BCUT2D eigenvalue weighted by atomic mass is 10.3. The van der Waals surface area contributed by atoms with E-state index in [4.69, 9.17) is 9.47 Å². The van der Waals surface area contributed by atoms with Gasteiger partial charge in [-0.3, -0.25) is 0 Å². The topological polar surface area (TPSA) is 44.8 Å². The van der Waals surface area contributed by atoms with E-state index >= 15 is 0 Å². The van der Waals surface area contributed by atoms with Gasteiger partial charge in [-0.15, -0.1) is 0 Å². The molecule has 1 atom stereocenters. The van der Waals surface area contributed by atoms with Gasteiger partial charge in [-0.2, -0.15) is 0 Å². The second kappa shape index (κ2) is 10.5. The van der Waals surface area contributed by atoms with Crippen molar-refractivity contribution < 1.29 is 19.0 Å². The van der Waals surface area contributed by atoms with Crippen LogP contribution in [0.1, 0.15) is 33.1 Å². The smallest absolute Gasteiger partial charge is 0.419 e. The van der Waals surface area contributed by atoms with Gasteiger partial charge in [0.05, 0.1) is 13.2 Å². The Morgan fingerprint density at radius 1 is 1.21 bits per heavy atom. The molecule has 0 saturated heterocycles. The van der Waals surface area contributed by atoms with E-state index in [0.717, 1.165) is 13.0 Å². The quantitative estimate of drug-likeness (QED) is 0.400. The van der Waals surface area contributed by atoms with Gasteiger partial charge in [0, 0.05) is 6.61 Å². The first kappa shape index (κ1) is 13.4. The maximum absolute atomic E-state index is 9.76. The molecule has 1 unspecified atom stereocenters. The van der Waals surface area contributed by atoms with E-state index in [1.54, 1.807) is 6.92 Å². The summed E-state index contributed by atoms with van der Waals surface area (Å²) in [4.78, 5) is 9.76. The van der Waals surface area contributed by atoms with Crippen LogP contribution in [0.4, 0.5) is 0 Å². The van der Waals surface area contributed by atoms with Crippen LogP contribution in [0.15, 0.2) is 0 Å². The van der Waals surface area contributed by atoms with Gasteiger partial charge in [0.15, 0.2) is 0 Å². The second-order valence-electron chi connectivity index (χ2n) is 2.96. The maximum atomic E-state index is 9.76. The van der Waals surface area contributed by atoms with Crippen molar-refractivity contribution >= 4 is 6.47 Å². The van der Waals surface area contributed by atoms with Crippen LogP contribution in [0.3, 0.4) is 0 Å². The highest BCUT2D eigenvalue weighted by Gasteiger charge is 2.00. The second-order valence-corrected chi connectivity index (χ2v) is 2.96. The van der Waals surface area contributed by atoms with Crippen molar-refractivity contribution in [3.8, 4) is 0 Å². The monoisotopic (exact) mass is 203 g/mol. The number of unbranched alkanes of at least 4 members (excludes halogenated alkanes) is 2. The minimum atomic E-state index is -0.535. The first-order valence-electron chi connectivity index (χ1n) is 5.03. The molecule has 14 heavy (non-hydrogen) atoms. The molecule has 0 amide bonds. The van der Waals surface area contributed by atoms with E-state index in [-0.39, 0.29) is 0 Å². The van der Waals surface area contributed by atoms with Crippen LogP contribution < -0.4 is 0 Å². The summed E-state index contributed by atoms with van der Waals surface area (Å²) in [6.45, 7) is 6.86. The fourth-order valence-electron chi connectivity index (χ4n) is 0.931. The molecule has 0 heterocycles. The lowest BCUT2D eigenvalue weighted by Gasteiger charge is -2.10. The number of carbonyl (C=O) groups excluding carboxylic acids is 1. The van der Waals surface area contributed by atoms with E-state index in [2.05, 4.69) is 11.7 Å². The summed E-state index contributed by atoms with van der Waals surface area (Å²) in [5.74, 6) is 0. The summed E-state index contributed by atoms with van der Waals surface area (Å²) in [6.07, 6.45) is 2.94. The molecule has 0 rings (SSSR count). The molecule has 0 aliphatic rings. The van der Waals surface area contributed by atoms with E-state index in [0.29, 0.717) is 13.2 Å². The Labute approximate surface area is 85.5 Å². The van der Waals surface area contributed by atoms with Crippen LogP contribution in [-0.4, -0.2) is 32.6 Å². The molecule has 0 spiro atoms. The zero-order valence-electron chi connectivity index (χ0n) is 8.95. The first-order chi connectivity index (χ1) is 6.81. The number of ether oxygens (including phenoxy) is 3. The Morgan fingerprint density at radius 3 is 2.64 bits per heavy atom. The molecule has 0 aromatic rings. The molecule has 4 nitrogen and oxygen atoms in total. The van der Waals surface area contributed by atoms with Gasteiger partial charge in [-0.05, 0) is 13.3 Å². The van der Waals surface area contributed by atoms with Crippen molar-refractivity contribution in [1.82, 2.24) is 0 Å². The fourth-order valence-corrected chi connectivity index (χ4v) is 0.931. The zero-order chi connectivity index (χ0) is 10.6. The predicted molar refractivity (Wildman–Crippen MR) is 52.5 cm³/mol. The van der Waals surface area contributed by atoms with E-state index < -0.39 is 6.29 Å². The van der Waals surface area contributed by atoms with Gasteiger partial charge in [-0.25, -0.2) is 4.79 Å². The molecule has 0 fully saturated rings. The number of hydrogen-bond acceptors (Lipinski definition) is 4. The molecule has 83 valence electrons. The molecule has 0 aliphatic carbocycles. The standard InChI is InChI=1S/C10H19O4/c1-3-4-5-6-12-7-8-13-10(2)14-9-11/h10H,3-8H2,1-2H3. The molecule has 0 aromatic carbocycles. The molecule has 4 heteroatoms. The molecule has 0 bridgehead atoms. The highest BCUT2D eigenvalue weighted by Crippen LogP contribution is 1.95. The van der Waals surface area contributed by atoms with Crippen molar-refractivity contribution in [2.75, 3.05) is 19.8 Å². The molecule has 0 saturated carbocycles. The third-order valence-electron chi connectivity index (χ3n) is 1.69. The average Bonchev–Trinajstić information content (AvgIpc) is 2.17. The van der Waals surface area contributed by atoms with Crippen LogP contribution in [0.2, 0.25) is 0 Å². The van der Waals surface area contributed by atoms with Gasteiger partial charge in [0.1, 0.15) is 0 Å². The number of hydrogen-bond donors (Lipinski definition) is 0. The molecular weight excluding hydrogens is 184 g/mol. The summed E-state index contributed by atoms with van der Waals surface area (Å²) in [6, 6.07) is 0. The summed E-state index contributed by atoms with van der Waals surface area (Å²) in [5.41, 5.74) is 0. The van der Waals surface area contributed by atoms with Crippen LogP contribution >= 0.6 is 0 Å². The fraction of sp³-hybridized carbons (Fsp3) is 0.900. The van der Waals surface area contributed by atoms with Gasteiger partial charge < -0.3 is 14.2 Å². The first-order valence-corrected chi connectivity index (χ1v) is 5.03. The Kier molecular flexibility index (Phi) is 10.0. The largest absolute Gasteiger partial charge is 0.428 e. The van der Waals surface area contributed by atoms with Crippen molar-refractivity contribution in [2.45, 2.75) is 39.4 Å². The minimum Gasteiger partial charge on any atom is -0.428 e. The predicted octanol–water partition coefficient (Wildman–Crippen LogP) is 1.64. The Bertz CT molecular complexity index is 127. The molecular formula is C10H19O4. The molecule has 0 aliphatic heterocycles. The lowest BCUT2D eigenvalue weighted by molar-refractivity contribution is -0.0911. The van der Waals surface area contributed by atoms with Crippen LogP contribution in [-0.2, 0) is 19.0 Å². The third-order valence-corrected chi connectivity index (χ3v) is 1.69. The van der Waals surface area contributed by atoms with Gasteiger partial charge >= 0.3 is 6.47 Å². The Hall–Kier alpha value is -0.610. The maximum Gasteiger partial charge on any atom is 0.419 e. The Balaban J connectivity index is 3.01. The summed E-state index contributed by atoms with van der Waals surface area (Å²) in [5, 5.41) is 0. The summed E-state index contributed by atoms with van der Waals surface area (Å²) in [7, 11) is 0. The van der Waals surface area contributed by atoms with Crippen molar-refractivity contribution in [1.29, 1.82) is 0 Å². The van der Waals surface area contributed by atoms with Crippen LogP contribution in [0.25, 0.3) is 0 Å². The normalized spacial score (nSPS) is 12.4. The minimum absolute atomic E-state index is 0.439. The summed E-state index contributed by atoms with van der Waals surface area (Å²) >= 11 is 0. The Morgan fingerprint density at radius 2 is 2.00 bits per heavy atom. The van der Waals surface area contributed by atoms with Gasteiger partial charge in [-0.1, -0.05) is 19.8 Å². The highest BCUT2D eigenvalue weighted by molar-refractivity contribution is 5.38. The third kappa shape index (κ3) is 9.48. The van der Waals surface area contributed by atoms with E-state index in [9.17, 15) is 4.79 Å². The van der Waals surface area contributed by atoms with E-state index in [1.807, 2.05) is 0 Å². The van der Waals surface area contributed by atoms with Crippen LogP contribution in [0, 0.1) is 0 Å². The zero-order valence-corrected chi connectivity index (χ0v) is 8.95. The lowest BCUT2D eigenvalue weighted by Crippen LogP contribution is -2.15. The van der Waals surface area contributed by atoms with Gasteiger partial charge in [0.2, 0.25) is 6.29 Å². The molecule has 0 aromatic heterocycles. The van der Waals surface area contributed by atoms with Crippen LogP contribution in [0.5, 0.6) is 0 Å².